The minimum Gasteiger partial charge on any atom is -0.270 e. The van der Waals surface area contributed by atoms with Gasteiger partial charge in [0.25, 0.3) is 0 Å². The monoisotopic (exact) mass is 425 g/mol. The highest BCUT2D eigenvalue weighted by Gasteiger charge is 2.16. The van der Waals surface area contributed by atoms with Crippen molar-refractivity contribution in [2.24, 2.45) is 0 Å². The highest BCUT2D eigenvalue weighted by Crippen LogP contribution is 2.31. The van der Waals surface area contributed by atoms with Crippen LogP contribution in [0, 0.1) is 6.92 Å². The Morgan fingerprint density at radius 1 is 0.857 bits per heavy atom. The maximum Gasteiger partial charge on any atom is 0.196 e. The maximum atomic E-state index is 6.11. The predicted molar refractivity (Wildman–Crippen MR) is 118 cm³/mol. The van der Waals surface area contributed by atoms with Crippen LogP contribution in [0.4, 0.5) is 0 Å². The van der Waals surface area contributed by atoms with Gasteiger partial charge in [0.05, 0.1) is 0 Å². The van der Waals surface area contributed by atoms with Crippen LogP contribution in [0.2, 0.25) is 10.0 Å². The summed E-state index contributed by atoms with van der Waals surface area (Å²) in [5.41, 5.74) is 4.31. The lowest BCUT2D eigenvalue weighted by Gasteiger charge is -2.11. The molecule has 0 fully saturated rings. The summed E-state index contributed by atoms with van der Waals surface area (Å²) in [6.45, 7) is 2.07. The Morgan fingerprint density at radius 2 is 1.64 bits per heavy atom. The molecule has 6 heteroatoms. The smallest absolute Gasteiger partial charge is 0.196 e. The van der Waals surface area contributed by atoms with E-state index in [9.17, 15) is 0 Å². The molecule has 4 rings (SSSR count). The second-order valence-corrected chi connectivity index (χ2v) is 8.22. The fourth-order valence-corrected chi connectivity index (χ4v) is 4.17. The molecule has 0 saturated carbocycles. The second-order valence-electron chi connectivity index (χ2n) is 6.41. The minimum absolute atomic E-state index is 0.696. The van der Waals surface area contributed by atoms with Crippen LogP contribution in [-0.4, -0.2) is 14.8 Å². The number of thioether (sulfide) groups is 1. The molecule has 28 heavy (non-hydrogen) atoms. The van der Waals surface area contributed by atoms with E-state index >= 15 is 0 Å². The zero-order chi connectivity index (χ0) is 19.5. The van der Waals surface area contributed by atoms with Crippen molar-refractivity contribution in [3.63, 3.8) is 0 Å². The topological polar surface area (TPSA) is 30.7 Å². The van der Waals surface area contributed by atoms with Gasteiger partial charge in [0.1, 0.15) is 0 Å². The second kappa shape index (κ2) is 8.39. The van der Waals surface area contributed by atoms with Gasteiger partial charge in [-0.05, 0) is 55.0 Å². The molecule has 0 radical (unpaired) electrons. The molecule has 0 aliphatic carbocycles. The summed E-state index contributed by atoms with van der Waals surface area (Å²) >= 11 is 13.8. The van der Waals surface area contributed by atoms with E-state index in [-0.39, 0.29) is 0 Å². The summed E-state index contributed by atoms with van der Waals surface area (Å²) in [5.74, 6) is 1.56. The first-order chi connectivity index (χ1) is 13.6. The van der Waals surface area contributed by atoms with Crippen molar-refractivity contribution < 1.29 is 0 Å². The van der Waals surface area contributed by atoms with Crippen LogP contribution in [0.15, 0.2) is 78.0 Å². The number of rotatable bonds is 5. The average molecular weight is 426 g/mol. The lowest BCUT2D eigenvalue weighted by Crippen LogP contribution is -2.00. The first kappa shape index (κ1) is 19.1. The number of nitrogens with zero attached hydrogens (tertiary/aromatic N) is 3. The zero-order valence-electron chi connectivity index (χ0n) is 15.1. The number of hydrogen-bond acceptors (Lipinski definition) is 3. The van der Waals surface area contributed by atoms with E-state index in [1.54, 1.807) is 11.8 Å². The van der Waals surface area contributed by atoms with Crippen LogP contribution >= 0.6 is 35.0 Å². The number of halogens is 2. The lowest BCUT2D eigenvalue weighted by molar-refractivity contribution is 0.886. The molecule has 0 aliphatic heterocycles. The van der Waals surface area contributed by atoms with Gasteiger partial charge in [-0.1, -0.05) is 70.9 Å². The van der Waals surface area contributed by atoms with E-state index in [2.05, 4.69) is 46.0 Å². The van der Waals surface area contributed by atoms with Gasteiger partial charge in [-0.3, -0.25) is 4.57 Å². The number of benzene rings is 3. The SMILES string of the molecule is Cc1cccc(-c2nnc(SCc3cccc(Cl)c3)n2-c2ccc(Cl)cc2)c1. The third-order valence-electron chi connectivity index (χ3n) is 4.25. The van der Waals surface area contributed by atoms with Crippen molar-refractivity contribution in [1.29, 1.82) is 0 Å². The van der Waals surface area contributed by atoms with Gasteiger partial charge in [0, 0.05) is 27.0 Å². The Hall–Kier alpha value is -2.27. The standard InChI is InChI=1S/C22H17Cl2N3S/c1-15-4-2-6-17(12-15)21-25-26-22(27(21)20-10-8-18(23)9-11-20)28-14-16-5-3-7-19(24)13-16/h2-13H,14H2,1H3. The van der Waals surface area contributed by atoms with Crippen molar-refractivity contribution in [3.8, 4) is 17.1 Å². The number of aromatic nitrogens is 3. The summed E-state index contributed by atoms with van der Waals surface area (Å²) in [5, 5.41) is 11.2. The molecule has 0 saturated heterocycles. The highest BCUT2D eigenvalue weighted by molar-refractivity contribution is 7.98. The van der Waals surface area contributed by atoms with Crippen molar-refractivity contribution in [1.82, 2.24) is 14.8 Å². The van der Waals surface area contributed by atoms with Crippen LogP contribution in [-0.2, 0) is 5.75 Å². The van der Waals surface area contributed by atoms with E-state index in [1.165, 1.54) is 5.56 Å². The van der Waals surface area contributed by atoms with Crippen molar-refractivity contribution in [2.75, 3.05) is 0 Å². The van der Waals surface area contributed by atoms with Gasteiger partial charge in [-0.15, -0.1) is 10.2 Å². The first-order valence-corrected chi connectivity index (χ1v) is 10.5. The van der Waals surface area contributed by atoms with Crippen LogP contribution in [0.5, 0.6) is 0 Å². The predicted octanol–water partition coefficient (Wildman–Crippen LogP) is 6.84. The quantitative estimate of drug-likeness (QED) is 0.327. The van der Waals surface area contributed by atoms with Crippen LogP contribution in [0.3, 0.4) is 0 Å². The summed E-state index contributed by atoms with van der Waals surface area (Å²) in [7, 11) is 0. The lowest BCUT2D eigenvalue weighted by atomic mass is 10.1. The first-order valence-electron chi connectivity index (χ1n) is 8.76. The summed E-state index contributed by atoms with van der Waals surface area (Å²) in [4.78, 5) is 0. The van der Waals surface area contributed by atoms with Crippen LogP contribution in [0.25, 0.3) is 17.1 Å². The molecule has 0 aliphatic rings. The Balaban J connectivity index is 1.74. The normalized spacial score (nSPS) is 11.0. The van der Waals surface area contributed by atoms with Crippen LogP contribution in [0.1, 0.15) is 11.1 Å². The Morgan fingerprint density at radius 3 is 2.39 bits per heavy atom. The molecular weight excluding hydrogens is 409 g/mol. The molecule has 140 valence electrons. The summed E-state index contributed by atoms with van der Waals surface area (Å²) in [6, 6.07) is 23.8. The van der Waals surface area contributed by atoms with Gasteiger partial charge < -0.3 is 0 Å². The maximum absolute atomic E-state index is 6.11. The molecule has 1 aromatic heterocycles. The highest BCUT2D eigenvalue weighted by atomic mass is 35.5. The fourth-order valence-electron chi connectivity index (χ4n) is 2.93. The molecule has 0 bridgehead atoms. The minimum atomic E-state index is 0.696. The van der Waals surface area contributed by atoms with Crippen molar-refractivity contribution >= 4 is 35.0 Å². The number of hydrogen-bond donors (Lipinski definition) is 0. The molecule has 3 nitrogen and oxygen atoms in total. The van der Waals surface area contributed by atoms with Gasteiger partial charge in [0.15, 0.2) is 11.0 Å². The van der Waals surface area contributed by atoms with Crippen LogP contribution < -0.4 is 0 Å². The van der Waals surface area contributed by atoms with E-state index in [1.807, 2.05) is 48.5 Å². The Labute approximate surface area is 178 Å². The molecule has 4 aromatic rings. The van der Waals surface area contributed by atoms with E-state index < -0.39 is 0 Å². The average Bonchev–Trinajstić information content (AvgIpc) is 3.11. The Kier molecular flexibility index (Phi) is 5.72. The molecule has 0 spiro atoms. The van der Waals surface area contributed by atoms with Gasteiger partial charge in [-0.2, -0.15) is 0 Å². The van der Waals surface area contributed by atoms with Gasteiger partial charge >= 0.3 is 0 Å². The molecule has 1 heterocycles. The van der Waals surface area contributed by atoms with Crippen molar-refractivity contribution in [2.45, 2.75) is 17.8 Å². The number of aryl methyl sites for hydroxylation is 1. The molecular formula is C22H17Cl2N3S. The van der Waals surface area contributed by atoms with Gasteiger partial charge in [0.2, 0.25) is 0 Å². The summed E-state index contributed by atoms with van der Waals surface area (Å²) < 4.78 is 2.07. The third kappa shape index (κ3) is 4.25. The molecule has 0 amide bonds. The molecule has 0 unspecified atom stereocenters. The van der Waals surface area contributed by atoms with E-state index in [0.717, 1.165) is 38.6 Å². The largest absolute Gasteiger partial charge is 0.270 e. The zero-order valence-corrected chi connectivity index (χ0v) is 17.5. The Bertz CT molecular complexity index is 1110. The molecule has 3 aromatic carbocycles. The van der Waals surface area contributed by atoms with E-state index in [0.29, 0.717) is 5.02 Å². The summed E-state index contributed by atoms with van der Waals surface area (Å²) in [6.07, 6.45) is 0. The molecule has 0 N–H and O–H groups in total. The van der Waals surface area contributed by atoms with Crippen molar-refractivity contribution in [3.05, 3.63) is 94.0 Å². The van der Waals surface area contributed by atoms with Gasteiger partial charge in [-0.25, -0.2) is 0 Å². The molecule has 0 atom stereocenters. The van der Waals surface area contributed by atoms with E-state index in [4.69, 9.17) is 23.2 Å². The fraction of sp³-hybridized carbons (Fsp3) is 0.0909. The third-order valence-corrected chi connectivity index (χ3v) is 5.74.